The van der Waals surface area contributed by atoms with Crippen LogP contribution in [0.2, 0.25) is 0 Å². The maximum absolute atomic E-state index is 10.1. The average molecular weight is 236 g/mol. The molecule has 0 radical (unpaired) electrons. The van der Waals surface area contributed by atoms with E-state index in [4.69, 9.17) is 9.47 Å². The zero-order chi connectivity index (χ0) is 12.3. The SMILES string of the molecule is CCC(OC)C(O)c1ccc(OC2CC2)cc1. The van der Waals surface area contributed by atoms with Crippen molar-refractivity contribution in [2.45, 2.75) is 44.5 Å². The van der Waals surface area contributed by atoms with Crippen molar-refractivity contribution in [1.82, 2.24) is 0 Å². The summed E-state index contributed by atoms with van der Waals surface area (Å²) in [5.74, 6) is 0.883. The first-order valence-corrected chi connectivity index (χ1v) is 6.22. The monoisotopic (exact) mass is 236 g/mol. The van der Waals surface area contributed by atoms with E-state index in [-0.39, 0.29) is 6.10 Å². The van der Waals surface area contributed by atoms with E-state index in [0.29, 0.717) is 6.10 Å². The minimum Gasteiger partial charge on any atom is -0.490 e. The van der Waals surface area contributed by atoms with Crippen LogP contribution in [0.25, 0.3) is 0 Å². The Bertz CT molecular complexity index is 339. The third-order valence-corrected chi connectivity index (χ3v) is 3.11. The zero-order valence-electron chi connectivity index (χ0n) is 10.4. The van der Waals surface area contributed by atoms with Crippen LogP contribution in [-0.2, 0) is 4.74 Å². The molecule has 0 saturated heterocycles. The fourth-order valence-corrected chi connectivity index (χ4v) is 1.86. The van der Waals surface area contributed by atoms with Crippen molar-refractivity contribution in [3.05, 3.63) is 29.8 Å². The van der Waals surface area contributed by atoms with Crippen molar-refractivity contribution in [3.8, 4) is 5.75 Å². The Morgan fingerprint density at radius 3 is 2.41 bits per heavy atom. The summed E-state index contributed by atoms with van der Waals surface area (Å²) in [4.78, 5) is 0. The Hall–Kier alpha value is -1.06. The molecule has 0 spiro atoms. The van der Waals surface area contributed by atoms with Gasteiger partial charge in [-0.1, -0.05) is 19.1 Å². The molecule has 1 N–H and O–H groups in total. The highest BCUT2D eigenvalue weighted by atomic mass is 16.5. The van der Waals surface area contributed by atoms with Crippen molar-refractivity contribution in [1.29, 1.82) is 0 Å². The van der Waals surface area contributed by atoms with Crippen molar-refractivity contribution in [3.63, 3.8) is 0 Å². The largest absolute Gasteiger partial charge is 0.490 e. The molecule has 3 nitrogen and oxygen atoms in total. The van der Waals surface area contributed by atoms with E-state index in [2.05, 4.69) is 0 Å². The minimum atomic E-state index is -0.569. The van der Waals surface area contributed by atoms with Gasteiger partial charge in [-0.2, -0.15) is 0 Å². The summed E-state index contributed by atoms with van der Waals surface area (Å²) < 4.78 is 10.9. The van der Waals surface area contributed by atoms with Gasteiger partial charge in [0.1, 0.15) is 11.9 Å². The van der Waals surface area contributed by atoms with E-state index in [1.807, 2.05) is 31.2 Å². The maximum Gasteiger partial charge on any atom is 0.119 e. The number of hydrogen-bond acceptors (Lipinski definition) is 3. The molecule has 0 aromatic heterocycles. The molecule has 1 fully saturated rings. The number of ether oxygens (including phenoxy) is 2. The lowest BCUT2D eigenvalue weighted by molar-refractivity contribution is -0.0148. The van der Waals surface area contributed by atoms with Gasteiger partial charge in [0.2, 0.25) is 0 Å². The normalized spacial score (nSPS) is 18.8. The summed E-state index contributed by atoms with van der Waals surface area (Å²) in [6, 6.07) is 7.65. The van der Waals surface area contributed by atoms with Crippen molar-refractivity contribution in [2.75, 3.05) is 7.11 Å². The van der Waals surface area contributed by atoms with Crippen LogP contribution in [-0.4, -0.2) is 24.4 Å². The Morgan fingerprint density at radius 2 is 1.94 bits per heavy atom. The highest BCUT2D eigenvalue weighted by molar-refractivity contribution is 5.29. The molecule has 2 atom stereocenters. The van der Waals surface area contributed by atoms with Gasteiger partial charge >= 0.3 is 0 Å². The van der Waals surface area contributed by atoms with E-state index < -0.39 is 6.10 Å². The molecule has 94 valence electrons. The van der Waals surface area contributed by atoms with E-state index in [1.54, 1.807) is 7.11 Å². The van der Waals surface area contributed by atoms with E-state index in [1.165, 1.54) is 0 Å². The Balaban J connectivity index is 2.00. The number of aliphatic hydroxyl groups excluding tert-OH is 1. The van der Waals surface area contributed by atoms with Crippen LogP contribution in [0, 0.1) is 0 Å². The maximum atomic E-state index is 10.1. The summed E-state index contributed by atoms with van der Waals surface area (Å²) in [5.41, 5.74) is 0.877. The molecule has 1 aromatic carbocycles. The average Bonchev–Trinajstić information content (AvgIpc) is 3.15. The molecule has 0 aliphatic heterocycles. The molecule has 2 rings (SSSR count). The predicted octanol–water partition coefficient (Wildman–Crippen LogP) is 2.69. The van der Waals surface area contributed by atoms with Gasteiger partial charge in [0.25, 0.3) is 0 Å². The molecular formula is C14H20O3. The molecule has 1 aliphatic carbocycles. The van der Waals surface area contributed by atoms with Gasteiger partial charge in [0.15, 0.2) is 0 Å². The second-order valence-corrected chi connectivity index (χ2v) is 4.51. The second kappa shape index (κ2) is 5.52. The molecule has 1 saturated carbocycles. The van der Waals surface area contributed by atoms with Crippen LogP contribution in [0.1, 0.15) is 37.9 Å². The highest BCUT2D eigenvalue weighted by Gasteiger charge is 2.24. The summed E-state index contributed by atoms with van der Waals surface area (Å²) in [6.07, 6.45) is 2.80. The first kappa shape index (κ1) is 12.4. The lowest BCUT2D eigenvalue weighted by atomic mass is 10.0. The van der Waals surface area contributed by atoms with Crippen LogP contribution >= 0.6 is 0 Å². The minimum absolute atomic E-state index is 0.148. The number of aliphatic hydroxyl groups is 1. The van der Waals surface area contributed by atoms with Crippen LogP contribution in [0.3, 0.4) is 0 Å². The van der Waals surface area contributed by atoms with Gasteiger partial charge in [-0.15, -0.1) is 0 Å². The first-order valence-electron chi connectivity index (χ1n) is 6.22. The Labute approximate surface area is 102 Å². The summed E-state index contributed by atoms with van der Waals surface area (Å²) in [5, 5.41) is 10.1. The van der Waals surface area contributed by atoms with Crippen LogP contribution in [0.5, 0.6) is 5.75 Å². The molecular weight excluding hydrogens is 216 g/mol. The van der Waals surface area contributed by atoms with Gasteiger partial charge in [0, 0.05) is 7.11 Å². The fourth-order valence-electron chi connectivity index (χ4n) is 1.86. The second-order valence-electron chi connectivity index (χ2n) is 4.51. The van der Waals surface area contributed by atoms with Gasteiger partial charge in [-0.05, 0) is 37.0 Å². The highest BCUT2D eigenvalue weighted by Crippen LogP contribution is 2.28. The van der Waals surface area contributed by atoms with Crippen molar-refractivity contribution in [2.24, 2.45) is 0 Å². The molecule has 1 aromatic rings. The van der Waals surface area contributed by atoms with Crippen LogP contribution < -0.4 is 4.74 Å². The zero-order valence-corrected chi connectivity index (χ0v) is 10.4. The quantitative estimate of drug-likeness (QED) is 0.825. The number of benzene rings is 1. The Kier molecular flexibility index (Phi) is 4.02. The summed E-state index contributed by atoms with van der Waals surface area (Å²) >= 11 is 0. The number of methoxy groups -OCH3 is 1. The van der Waals surface area contributed by atoms with E-state index in [9.17, 15) is 5.11 Å². The summed E-state index contributed by atoms with van der Waals surface area (Å²) in [6.45, 7) is 2.00. The van der Waals surface area contributed by atoms with Crippen LogP contribution in [0.15, 0.2) is 24.3 Å². The molecule has 0 amide bonds. The van der Waals surface area contributed by atoms with Crippen molar-refractivity contribution < 1.29 is 14.6 Å². The Morgan fingerprint density at radius 1 is 1.29 bits per heavy atom. The molecule has 17 heavy (non-hydrogen) atoms. The third-order valence-electron chi connectivity index (χ3n) is 3.11. The number of hydrogen-bond donors (Lipinski definition) is 1. The molecule has 0 bridgehead atoms. The van der Waals surface area contributed by atoms with Gasteiger partial charge in [0.05, 0.1) is 12.2 Å². The fraction of sp³-hybridized carbons (Fsp3) is 0.571. The summed E-state index contributed by atoms with van der Waals surface area (Å²) in [7, 11) is 1.63. The van der Waals surface area contributed by atoms with Gasteiger partial charge in [-0.3, -0.25) is 0 Å². The molecule has 2 unspecified atom stereocenters. The lowest BCUT2D eigenvalue weighted by Crippen LogP contribution is -2.19. The lowest BCUT2D eigenvalue weighted by Gasteiger charge is -2.20. The first-order chi connectivity index (χ1) is 8.24. The van der Waals surface area contributed by atoms with Gasteiger partial charge in [-0.25, -0.2) is 0 Å². The number of rotatable bonds is 6. The van der Waals surface area contributed by atoms with E-state index in [0.717, 1.165) is 30.6 Å². The third kappa shape index (κ3) is 3.20. The van der Waals surface area contributed by atoms with Crippen molar-refractivity contribution >= 4 is 0 Å². The topological polar surface area (TPSA) is 38.7 Å². The predicted molar refractivity (Wildman–Crippen MR) is 66.1 cm³/mol. The van der Waals surface area contributed by atoms with Gasteiger partial charge < -0.3 is 14.6 Å². The molecule has 0 heterocycles. The van der Waals surface area contributed by atoms with E-state index >= 15 is 0 Å². The van der Waals surface area contributed by atoms with Crippen LogP contribution in [0.4, 0.5) is 0 Å². The molecule has 3 heteroatoms. The smallest absolute Gasteiger partial charge is 0.119 e. The standard InChI is InChI=1S/C14H20O3/c1-3-13(16-2)14(15)10-4-6-11(7-5-10)17-12-8-9-12/h4-7,12-15H,3,8-9H2,1-2H3. The molecule has 1 aliphatic rings.